The molecule has 0 amide bonds. The summed E-state index contributed by atoms with van der Waals surface area (Å²) < 4.78 is 19.3. The zero-order valence-corrected chi connectivity index (χ0v) is 11.7. The topological polar surface area (TPSA) is 24.5 Å². The van der Waals surface area contributed by atoms with E-state index in [2.05, 4.69) is 5.32 Å². The predicted octanol–water partition coefficient (Wildman–Crippen LogP) is 2.58. The van der Waals surface area contributed by atoms with Gasteiger partial charge in [0.15, 0.2) is 0 Å². The molecule has 4 heteroatoms. The van der Waals surface area contributed by atoms with Gasteiger partial charge in [0.1, 0.15) is 5.82 Å². The van der Waals surface area contributed by atoms with Crippen molar-refractivity contribution in [3.63, 3.8) is 0 Å². The van der Waals surface area contributed by atoms with Gasteiger partial charge < -0.3 is 15.0 Å². The van der Waals surface area contributed by atoms with Gasteiger partial charge >= 0.3 is 0 Å². The smallest absolute Gasteiger partial charge is 0.146 e. The third-order valence-electron chi connectivity index (χ3n) is 3.07. The van der Waals surface area contributed by atoms with Gasteiger partial charge in [-0.3, -0.25) is 0 Å². The van der Waals surface area contributed by atoms with Crippen LogP contribution in [0.2, 0.25) is 0 Å². The first kappa shape index (κ1) is 14.9. The van der Waals surface area contributed by atoms with Crippen LogP contribution in [0.5, 0.6) is 0 Å². The van der Waals surface area contributed by atoms with Gasteiger partial charge in [-0.25, -0.2) is 4.39 Å². The van der Waals surface area contributed by atoms with Crippen molar-refractivity contribution in [2.75, 3.05) is 38.8 Å². The summed E-state index contributed by atoms with van der Waals surface area (Å²) in [6.07, 6.45) is 0. The van der Waals surface area contributed by atoms with Crippen LogP contribution < -0.4 is 10.2 Å². The van der Waals surface area contributed by atoms with Crippen molar-refractivity contribution in [2.45, 2.75) is 19.9 Å². The molecule has 0 spiro atoms. The number of anilines is 1. The van der Waals surface area contributed by atoms with Crippen molar-refractivity contribution in [1.29, 1.82) is 0 Å². The van der Waals surface area contributed by atoms with Gasteiger partial charge in [0.2, 0.25) is 0 Å². The molecule has 0 aliphatic rings. The van der Waals surface area contributed by atoms with E-state index in [0.29, 0.717) is 25.4 Å². The maximum absolute atomic E-state index is 14.0. The van der Waals surface area contributed by atoms with Crippen LogP contribution >= 0.6 is 0 Å². The summed E-state index contributed by atoms with van der Waals surface area (Å²) in [6.45, 7) is 5.95. The minimum Gasteiger partial charge on any atom is -0.380 e. The molecule has 0 bridgehead atoms. The van der Waals surface area contributed by atoms with E-state index in [4.69, 9.17) is 4.74 Å². The number of ether oxygens (including phenoxy) is 1. The van der Waals surface area contributed by atoms with Crippen molar-refractivity contribution < 1.29 is 9.13 Å². The Labute approximate surface area is 109 Å². The zero-order valence-electron chi connectivity index (χ0n) is 11.7. The molecule has 0 aromatic heterocycles. The first-order valence-electron chi connectivity index (χ1n) is 6.36. The molecule has 1 rings (SSSR count). The van der Waals surface area contributed by atoms with Crippen LogP contribution in [0, 0.1) is 5.82 Å². The molecular weight excluding hydrogens is 231 g/mol. The number of benzene rings is 1. The first-order valence-corrected chi connectivity index (χ1v) is 6.36. The summed E-state index contributed by atoms with van der Waals surface area (Å²) in [5, 5.41) is 3.15. The highest BCUT2D eigenvalue weighted by Crippen LogP contribution is 2.28. The van der Waals surface area contributed by atoms with Crippen molar-refractivity contribution in [2.24, 2.45) is 0 Å². The van der Waals surface area contributed by atoms with E-state index in [0.717, 1.165) is 5.56 Å². The fourth-order valence-electron chi connectivity index (χ4n) is 1.90. The number of para-hydroxylation sites is 1. The zero-order chi connectivity index (χ0) is 13.5. The van der Waals surface area contributed by atoms with Crippen molar-refractivity contribution in [3.8, 4) is 0 Å². The number of likely N-dealkylation sites (N-methyl/N-ethyl adjacent to an activating group) is 1. The van der Waals surface area contributed by atoms with Crippen LogP contribution in [0.1, 0.15) is 25.5 Å². The Kier molecular flexibility index (Phi) is 6.09. The number of nitrogens with one attached hydrogen (secondary N) is 1. The lowest BCUT2D eigenvalue weighted by atomic mass is 10.0. The second-order valence-electron chi connectivity index (χ2n) is 4.31. The average molecular weight is 254 g/mol. The van der Waals surface area contributed by atoms with Gasteiger partial charge in [0.05, 0.1) is 12.3 Å². The molecule has 1 atom stereocenters. The minimum atomic E-state index is -0.186. The molecule has 0 saturated carbocycles. The Morgan fingerprint density at radius 1 is 1.44 bits per heavy atom. The van der Waals surface area contributed by atoms with E-state index >= 15 is 0 Å². The molecule has 1 aromatic carbocycles. The Morgan fingerprint density at radius 3 is 2.78 bits per heavy atom. The highest BCUT2D eigenvalue weighted by molar-refractivity contribution is 5.55. The van der Waals surface area contributed by atoms with Crippen LogP contribution in [-0.2, 0) is 4.74 Å². The standard InChI is InChI=1S/C14H23FN2O/c1-5-18-10-9-17(4)14-12(11(2)16-3)7-6-8-13(14)15/h6-8,11,16H,5,9-10H2,1-4H3. The summed E-state index contributed by atoms with van der Waals surface area (Å²) in [6, 6.07) is 5.32. The maximum atomic E-state index is 14.0. The lowest BCUT2D eigenvalue weighted by molar-refractivity contribution is 0.154. The van der Waals surface area contributed by atoms with E-state index in [-0.39, 0.29) is 11.9 Å². The Morgan fingerprint density at radius 2 is 2.17 bits per heavy atom. The lowest BCUT2D eigenvalue weighted by Gasteiger charge is -2.25. The number of hydrogen-bond acceptors (Lipinski definition) is 3. The van der Waals surface area contributed by atoms with E-state index in [1.807, 2.05) is 38.9 Å². The van der Waals surface area contributed by atoms with Crippen LogP contribution in [0.15, 0.2) is 18.2 Å². The normalized spacial score (nSPS) is 12.5. The average Bonchev–Trinajstić information content (AvgIpc) is 2.37. The van der Waals surface area contributed by atoms with E-state index in [1.54, 1.807) is 6.07 Å². The molecule has 0 saturated heterocycles. The number of nitrogens with zero attached hydrogens (tertiary/aromatic N) is 1. The number of halogens is 1. The summed E-state index contributed by atoms with van der Waals surface area (Å²) in [7, 11) is 3.77. The fourth-order valence-corrected chi connectivity index (χ4v) is 1.90. The molecule has 102 valence electrons. The van der Waals surface area contributed by atoms with Gasteiger partial charge in [-0.1, -0.05) is 12.1 Å². The monoisotopic (exact) mass is 254 g/mol. The van der Waals surface area contributed by atoms with Crippen molar-refractivity contribution >= 4 is 5.69 Å². The van der Waals surface area contributed by atoms with E-state index in [9.17, 15) is 4.39 Å². The second kappa shape index (κ2) is 7.34. The van der Waals surface area contributed by atoms with E-state index < -0.39 is 0 Å². The van der Waals surface area contributed by atoms with Crippen LogP contribution in [0.4, 0.5) is 10.1 Å². The fraction of sp³-hybridized carbons (Fsp3) is 0.571. The highest BCUT2D eigenvalue weighted by atomic mass is 19.1. The Hall–Kier alpha value is -1.13. The molecule has 0 aliphatic heterocycles. The summed E-state index contributed by atoms with van der Waals surface area (Å²) in [5.41, 5.74) is 1.62. The number of hydrogen-bond donors (Lipinski definition) is 1. The van der Waals surface area contributed by atoms with Gasteiger partial charge in [0, 0.05) is 26.2 Å². The molecule has 0 radical (unpaired) electrons. The molecule has 18 heavy (non-hydrogen) atoms. The molecule has 0 heterocycles. The Balaban J connectivity index is 2.91. The van der Waals surface area contributed by atoms with Crippen LogP contribution in [0.3, 0.4) is 0 Å². The predicted molar refractivity (Wildman–Crippen MR) is 73.6 cm³/mol. The second-order valence-corrected chi connectivity index (χ2v) is 4.31. The molecule has 1 unspecified atom stereocenters. The van der Waals surface area contributed by atoms with Crippen LogP contribution in [0.25, 0.3) is 0 Å². The highest BCUT2D eigenvalue weighted by Gasteiger charge is 2.16. The maximum Gasteiger partial charge on any atom is 0.146 e. The van der Waals surface area contributed by atoms with Gasteiger partial charge in [0.25, 0.3) is 0 Å². The third kappa shape index (κ3) is 3.68. The van der Waals surface area contributed by atoms with Crippen molar-refractivity contribution in [3.05, 3.63) is 29.6 Å². The molecule has 1 N–H and O–H groups in total. The first-order chi connectivity index (χ1) is 8.61. The molecular formula is C14H23FN2O. The molecule has 1 aromatic rings. The molecule has 3 nitrogen and oxygen atoms in total. The van der Waals surface area contributed by atoms with Crippen molar-refractivity contribution in [1.82, 2.24) is 5.32 Å². The quantitative estimate of drug-likeness (QED) is 0.757. The molecule has 0 fully saturated rings. The largest absolute Gasteiger partial charge is 0.380 e. The SMILES string of the molecule is CCOCCN(C)c1c(F)cccc1C(C)NC. The summed E-state index contributed by atoms with van der Waals surface area (Å²) in [4.78, 5) is 1.91. The van der Waals surface area contributed by atoms with E-state index in [1.165, 1.54) is 6.07 Å². The Bertz CT molecular complexity index is 371. The minimum absolute atomic E-state index is 0.116. The van der Waals surface area contributed by atoms with Gasteiger partial charge in [-0.15, -0.1) is 0 Å². The summed E-state index contributed by atoms with van der Waals surface area (Å²) in [5.74, 6) is -0.186. The van der Waals surface area contributed by atoms with Gasteiger partial charge in [-0.2, -0.15) is 0 Å². The summed E-state index contributed by atoms with van der Waals surface area (Å²) >= 11 is 0. The number of rotatable bonds is 7. The lowest BCUT2D eigenvalue weighted by Crippen LogP contribution is -2.26. The van der Waals surface area contributed by atoms with Gasteiger partial charge in [-0.05, 0) is 32.5 Å². The third-order valence-corrected chi connectivity index (χ3v) is 3.07. The molecule has 0 aliphatic carbocycles. The van der Waals surface area contributed by atoms with Crippen LogP contribution in [-0.4, -0.2) is 33.9 Å².